The molecule has 3 aromatic rings. The first-order valence-electron chi connectivity index (χ1n) is 8.96. The third-order valence-electron chi connectivity index (χ3n) is 4.27. The van der Waals surface area contributed by atoms with Crippen molar-refractivity contribution in [1.82, 2.24) is 4.98 Å². The second-order valence-electron chi connectivity index (χ2n) is 6.16. The van der Waals surface area contributed by atoms with Crippen LogP contribution in [0.4, 0.5) is 5.69 Å². The number of pyridine rings is 1. The van der Waals surface area contributed by atoms with E-state index >= 15 is 0 Å². The highest BCUT2D eigenvalue weighted by Crippen LogP contribution is 2.24. The molecule has 8 heteroatoms. The zero-order chi connectivity index (χ0) is 20.8. The number of ether oxygens (including phenoxy) is 1. The molecule has 0 unspecified atom stereocenters. The minimum atomic E-state index is -0.481. The standard InChI is InChI=1S/C21H19N3O5/c1-3-28-21(25)20-14(2)17-9-4-5-10-18(17)23-19(20)13-29-22-12-15-7-6-8-16(11-15)24(26)27/h4-12H,3,13H2,1-2H3/b22-12-. The van der Waals surface area contributed by atoms with E-state index in [2.05, 4.69) is 10.1 Å². The first kappa shape index (κ1) is 19.9. The highest BCUT2D eigenvalue weighted by molar-refractivity contribution is 5.98. The first-order chi connectivity index (χ1) is 14.0. The summed E-state index contributed by atoms with van der Waals surface area (Å²) in [6.07, 6.45) is 1.37. The predicted molar refractivity (Wildman–Crippen MR) is 108 cm³/mol. The Morgan fingerprint density at radius 1 is 1.24 bits per heavy atom. The number of hydrogen-bond acceptors (Lipinski definition) is 7. The van der Waals surface area contributed by atoms with Crippen molar-refractivity contribution in [2.75, 3.05) is 6.61 Å². The van der Waals surface area contributed by atoms with Crippen molar-refractivity contribution >= 4 is 28.8 Å². The monoisotopic (exact) mass is 393 g/mol. The van der Waals surface area contributed by atoms with Gasteiger partial charge in [-0.15, -0.1) is 0 Å². The Kier molecular flexibility index (Phi) is 6.13. The van der Waals surface area contributed by atoms with Gasteiger partial charge >= 0.3 is 5.97 Å². The van der Waals surface area contributed by atoms with Crippen molar-refractivity contribution in [2.24, 2.45) is 5.16 Å². The van der Waals surface area contributed by atoms with Crippen molar-refractivity contribution in [1.29, 1.82) is 0 Å². The van der Waals surface area contributed by atoms with Gasteiger partial charge in [0.15, 0.2) is 6.61 Å². The average Bonchev–Trinajstić information content (AvgIpc) is 2.71. The summed E-state index contributed by atoms with van der Waals surface area (Å²) in [6.45, 7) is 3.77. The Morgan fingerprint density at radius 3 is 2.79 bits per heavy atom. The van der Waals surface area contributed by atoms with Gasteiger partial charge in [0.05, 0.1) is 34.5 Å². The molecule has 0 spiro atoms. The van der Waals surface area contributed by atoms with Gasteiger partial charge in [-0.05, 0) is 25.5 Å². The van der Waals surface area contributed by atoms with E-state index in [0.29, 0.717) is 16.8 Å². The van der Waals surface area contributed by atoms with Gasteiger partial charge in [-0.3, -0.25) is 10.1 Å². The van der Waals surface area contributed by atoms with Gasteiger partial charge in [0.25, 0.3) is 5.69 Å². The number of hydrogen-bond donors (Lipinski definition) is 0. The summed E-state index contributed by atoms with van der Waals surface area (Å²) in [5.41, 5.74) is 2.75. The molecule has 0 saturated carbocycles. The fourth-order valence-electron chi connectivity index (χ4n) is 2.93. The molecule has 1 aromatic heterocycles. The van der Waals surface area contributed by atoms with Crippen LogP contribution in [0, 0.1) is 17.0 Å². The lowest BCUT2D eigenvalue weighted by Crippen LogP contribution is -2.13. The smallest absolute Gasteiger partial charge is 0.340 e. The molecule has 29 heavy (non-hydrogen) atoms. The van der Waals surface area contributed by atoms with Crippen LogP contribution in [-0.4, -0.2) is 28.7 Å². The summed E-state index contributed by atoms with van der Waals surface area (Å²) < 4.78 is 5.17. The van der Waals surface area contributed by atoms with Crippen LogP contribution in [0.3, 0.4) is 0 Å². The maximum Gasteiger partial charge on any atom is 0.340 e. The highest BCUT2D eigenvalue weighted by Gasteiger charge is 2.20. The molecule has 0 bridgehead atoms. The molecule has 8 nitrogen and oxygen atoms in total. The Hall–Kier alpha value is -3.81. The number of carbonyl (C=O) groups is 1. The molecule has 0 aliphatic carbocycles. The molecule has 0 N–H and O–H groups in total. The molecular formula is C21H19N3O5. The number of nitro groups is 1. The molecule has 1 heterocycles. The van der Waals surface area contributed by atoms with Crippen LogP contribution in [0.25, 0.3) is 10.9 Å². The summed E-state index contributed by atoms with van der Waals surface area (Å²) in [7, 11) is 0. The summed E-state index contributed by atoms with van der Waals surface area (Å²) in [4.78, 5) is 32.7. The normalized spacial score (nSPS) is 11.0. The predicted octanol–water partition coefficient (Wildman–Crippen LogP) is 4.18. The summed E-state index contributed by atoms with van der Waals surface area (Å²) >= 11 is 0. The molecule has 0 aliphatic rings. The Bertz CT molecular complexity index is 1090. The van der Waals surface area contributed by atoms with E-state index in [4.69, 9.17) is 9.57 Å². The molecule has 2 aromatic carbocycles. The lowest BCUT2D eigenvalue weighted by molar-refractivity contribution is -0.384. The van der Waals surface area contributed by atoms with Gasteiger partial charge in [0, 0.05) is 23.1 Å². The average molecular weight is 393 g/mol. The lowest BCUT2D eigenvalue weighted by Gasteiger charge is -2.13. The van der Waals surface area contributed by atoms with E-state index in [1.807, 2.05) is 31.2 Å². The number of non-ortho nitro benzene ring substituents is 1. The number of carbonyl (C=O) groups excluding carboxylic acids is 1. The molecule has 0 amide bonds. The summed E-state index contributed by atoms with van der Waals surface area (Å²) in [6, 6.07) is 13.5. The van der Waals surface area contributed by atoms with Crippen LogP contribution in [0.5, 0.6) is 0 Å². The number of oxime groups is 1. The van der Waals surface area contributed by atoms with Crippen molar-refractivity contribution in [2.45, 2.75) is 20.5 Å². The topological polar surface area (TPSA) is 104 Å². The summed E-state index contributed by atoms with van der Waals surface area (Å²) in [5, 5.41) is 15.6. The zero-order valence-corrected chi connectivity index (χ0v) is 16.0. The van der Waals surface area contributed by atoms with E-state index in [1.165, 1.54) is 18.3 Å². The number of para-hydroxylation sites is 1. The van der Waals surface area contributed by atoms with Crippen LogP contribution < -0.4 is 0 Å². The number of esters is 1. The lowest BCUT2D eigenvalue weighted by atomic mass is 10.0. The fourth-order valence-corrected chi connectivity index (χ4v) is 2.93. The van der Waals surface area contributed by atoms with Crippen molar-refractivity contribution in [3.05, 3.63) is 81.0 Å². The fraction of sp³-hybridized carbons (Fsp3) is 0.190. The second-order valence-corrected chi connectivity index (χ2v) is 6.16. The van der Waals surface area contributed by atoms with Crippen LogP contribution in [0.15, 0.2) is 53.7 Å². The van der Waals surface area contributed by atoms with Crippen molar-refractivity contribution in [3.63, 3.8) is 0 Å². The Labute approximate surface area is 166 Å². The SMILES string of the molecule is CCOC(=O)c1c(CO/N=C\c2cccc([N+](=O)[O-])c2)nc2ccccc2c1C. The van der Waals surface area contributed by atoms with Gasteiger partial charge in [-0.1, -0.05) is 35.5 Å². The third-order valence-corrected chi connectivity index (χ3v) is 4.27. The Balaban J connectivity index is 1.85. The van der Waals surface area contributed by atoms with E-state index < -0.39 is 10.9 Å². The number of fused-ring (bicyclic) bond motifs is 1. The minimum absolute atomic E-state index is 0.0367. The van der Waals surface area contributed by atoms with Crippen LogP contribution >= 0.6 is 0 Å². The molecule has 0 saturated heterocycles. The number of rotatable bonds is 7. The third kappa shape index (κ3) is 4.55. The van der Waals surface area contributed by atoms with Crippen molar-refractivity contribution in [3.8, 4) is 0 Å². The van der Waals surface area contributed by atoms with Gasteiger partial charge < -0.3 is 9.57 Å². The molecule has 3 rings (SSSR count). The molecule has 0 fully saturated rings. The number of aryl methyl sites for hydroxylation is 1. The first-order valence-corrected chi connectivity index (χ1v) is 8.96. The quantitative estimate of drug-likeness (QED) is 0.258. The minimum Gasteiger partial charge on any atom is -0.462 e. The Morgan fingerprint density at radius 2 is 2.03 bits per heavy atom. The maximum atomic E-state index is 12.5. The molecule has 0 radical (unpaired) electrons. The zero-order valence-electron chi connectivity index (χ0n) is 16.0. The molecular weight excluding hydrogens is 374 g/mol. The van der Waals surface area contributed by atoms with Crippen LogP contribution in [0.2, 0.25) is 0 Å². The molecule has 0 aliphatic heterocycles. The van der Waals surface area contributed by atoms with Crippen molar-refractivity contribution < 1.29 is 19.3 Å². The number of aromatic nitrogens is 1. The van der Waals surface area contributed by atoms with E-state index in [-0.39, 0.29) is 18.9 Å². The van der Waals surface area contributed by atoms with Gasteiger partial charge in [0.1, 0.15) is 0 Å². The summed E-state index contributed by atoms with van der Waals surface area (Å²) in [5.74, 6) is -0.468. The van der Waals surface area contributed by atoms with Gasteiger partial charge in [-0.2, -0.15) is 0 Å². The highest BCUT2D eigenvalue weighted by atomic mass is 16.6. The van der Waals surface area contributed by atoms with E-state index in [0.717, 1.165) is 16.5 Å². The number of nitro benzene ring substituents is 1. The second kappa shape index (κ2) is 8.92. The maximum absolute atomic E-state index is 12.5. The van der Waals surface area contributed by atoms with Gasteiger partial charge in [-0.25, -0.2) is 9.78 Å². The van der Waals surface area contributed by atoms with Gasteiger partial charge in [0.2, 0.25) is 0 Å². The van der Waals surface area contributed by atoms with E-state index in [1.54, 1.807) is 19.1 Å². The number of nitrogens with zero attached hydrogens (tertiary/aromatic N) is 3. The van der Waals surface area contributed by atoms with Crippen LogP contribution in [0.1, 0.15) is 34.1 Å². The molecule has 0 atom stereocenters. The van der Waals surface area contributed by atoms with E-state index in [9.17, 15) is 14.9 Å². The largest absolute Gasteiger partial charge is 0.462 e. The molecule has 148 valence electrons. The van der Waals surface area contributed by atoms with Crippen LogP contribution in [-0.2, 0) is 16.2 Å². The number of benzene rings is 2.